The molecule has 0 spiro atoms. The van der Waals surface area contributed by atoms with Crippen molar-refractivity contribution in [1.82, 2.24) is 14.9 Å². The first-order valence-electron chi connectivity index (χ1n) is 5.25. The molecule has 2 rings (SSSR count). The number of aromatic nitrogens is 3. The molecule has 8 heteroatoms. The molecule has 0 fully saturated rings. The van der Waals surface area contributed by atoms with Gasteiger partial charge in [-0.15, -0.1) is 0 Å². The molecule has 0 amide bonds. The summed E-state index contributed by atoms with van der Waals surface area (Å²) in [6, 6.07) is 4.01. The van der Waals surface area contributed by atoms with Crippen molar-refractivity contribution in [2.45, 2.75) is 6.92 Å². The Balaban J connectivity index is 2.32. The molecule has 0 saturated carbocycles. The Kier molecular flexibility index (Phi) is 3.32. The van der Waals surface area contributed by atoms with Crippen LogP contribution < -0.4 is 4.74 Å². The second-order valence-corrected chi connectivity index (χ2v) is 3.77. The molecule has 1 aromatic carbocycles. The van der Waals surface area contributed by atoms with E-state index in [-0.39, 0.29) is 17.4 Å². The summed E-state index contributed by atoms with van der Waals surface area (Å²) in [4.78, 5) is 14.4. The first-order chi connectivity index (χ1) is 8.97. The number of halogens is 1. The van der Waals surface area contributed by atoms with E-state index in [1.165, 1.54) is 12.1 Å². The van der Waals surface area contributed by atoms with E-state index >= 15 is 0 Å². The lowest BCUT2D eigenvalue weighted by Crippen LogP contribution is -2.10. The molecule has 0 aliphatic carbocycles. The van der Waals surface area contributed by atoms with Gasteiger partial charge in [-0.1, -0.05) is 16.0 Å². The summed E-state index contributed by atoms with van der Waals surface area (Å²) in [5.41, 5.74) is 0.749. The fourth-order valence-corrected chi connectivity index (χ4v) is 1.44. The fourth-order valence-electron chi connectivity index (χ4n) is 1.44. The first kappa shape index (κ1) is 12.8. The summed E-state index contributed by atoms with van der Waals surface area (Å²) in [6.07, 6.45) is 0. The number of ether oxygens (including phenoxy) is 1. The molecule has 19 heavy (non-hydrogen) atoms. The molecule has 0 bridgehead atoms. The Morgan fingerprint density at radius 1 is 1.53 bits per heavy atom. The molecule has 0 aliphatic rings. The van der Waals surface area contributed by atoms with Crippen LogP contribution in [0, 0.1) is 12.7 Å². The summed E-state index contributed by atoms with van der Waals surface area (Å²) in [7, 11) is 0. The van der Waals surface area contributed by atoms with Gasteiger partial charge in [-0.2, -0.15) is 4.98 Å². The van der Waals surface area contributed by atoms with Gasteiger partial charge in [0.15, 0.2) is 6.61 Å². The predicted molar refractivity (Wildman–Crippen MR) is 60.5 cm³/mol. The maximum Gasteiger partial charge on any atom is 0.341 e. The van der Waals surface area contributed by atoms with Gasteiger partial charge in [0.2, 0.25) is 5.82 Å². The molecule has 0 aliphatic heterocycles. The Hall–Kier alpha value is -2.64. The Morgan fingerprint density at radius 2 is 2.26 bits per heavy atom. The van der Waals surface area contributed by atoms with E-state index in [9.17, 15) is 14.4 Å². The topological polar surface area (TPSA) is 97.5 Å². The third-order valence-corrected chi connectivity index (χ3v) is 2.26. The van der Waals surface area contributed by atoms with Crippen molar-refractivity contribution in [2.24, 2.45) is 0 Å². The molecule has 0 radical (unpaired) electrons. The highest BCUT2D eigenvalue weighted by Crippen LogP contribution is 2.22. The van der Waals surface area contributed by atoms with E-state index in [0.29, 0.717) is 10.4 Å². The third kappa shape index (κ3) is 2.79. The quantitative estimate of drug-likeness (QED) is 0.805. The number of hydrogen-bond donors (Lipinski definition) is 2. The van der Waals surface area contributed by atoms with Crippen molar-refractivity contribution in [2.75, 3.05) is 6.61 Å². The van der Waals surface area contributed by atoms with E-state index in [0.717, 1.165) is 0 Å². The van der Waals surface area contributed by atoms with Crippen LogP contribution in [-0.2, 0) is 4.79 Å². The number of carboxylic acids is 1. The number of benzene rings is 1. The number of hydrogen-bond acceptors (Lipinski definition) is 5. The van der Waals surface area contributed by atoms with Crippen LogP contribution in [0.1, 0.15) is 5.56 Å². The number of aliphatic carboxylic acids is 1. The maximum absolute atomic E-state index is 13.7. The van der Waals surface area contributed by atoms with Crippen LogP contribution in [0.15, 0.2) is 18.2 Å². The van der Waals surface area contributed by atoms with Crippen molar-refractivity contribution in [3.05, 3.63) is 29.6 Å². The van der Waals surface area contributed by atoms with Gasteiger partial charge in [0.1, 0.15) is 5.82 Å². The Morgan fingerprint density at radius 3 is 2.89 bits per heavy atom. The van der Waals surface area contributed by atoms with E-state index in [1.54, 1.807) is 13.0 Å². The molecular formula is C11H10FN3O4. The predicted octanol–water partition coefficient (Wildman–Crippen LogP) is 1.09. The number of nitrogens with zero attached hydrogens (tertiary/aromatic N) is 3. The van der Waals surface area contributed by atoms with Gasteiger partial charge in [-0.25, -0.2) is 9.18 Å². The number of carbonyl (C=O) groups is 1. The Labute approximate surface area is 106 Å². The summed E-state index contributed by atoms with van der Waals surface area (Å²) >= 11 is 0. The number of carboxylic acid groups (broad SMARTS) is 1. The van der Waals surface area contributed by atoms with Crippen molar-refractivity contribution in [3.63, 3.8) is 0 Å². The smallest absolute Gasteiger partial charge is 0.341 e. The molecule has 2 aromatic rings. The third-order valence-electron chi connectivity index (χ3n) is 2.26. The molecule has 7 nitrogen and oxygen atoms in total. The highest BCUT2D eigenvalue weighted by atomic mass is 19.1. The van der Waals surface area contributed by atoms with Gasteiger partial charge in [-0.05, 0) is 24.6 Å². The van der Waals surface area contributed by atoms with Gasteiger partial charge in [0, 0.05) is 0 Å². The Bertz CT molecular complexity index is 626. The summed E-state index contributed by atoms with van der Waals surface area (Å²) < 4.78 is 18.4. The standard InChI is InChI=1S/C11H10FN3O4/c1-6-2-3-7(8(12)4-6)10-13-11(14-15(10)18)19-5-9(16)17/h2-4,18H,5H2,1H3,(H,16,17). The van der Waals surface area contributed by atoms with Gasteiger partial charge >= 0.3 is 12.0 Å². The van der Waals surface area contributed by atoms with Crippen LogP contribution in [0.4, 0.5) is 4.39 Å². The van der Waals surface area contributed by atoms with Crippen LogP contribution >= 0.6 is 0 Å². The zero-order chi connectivity index (χ0) is 14.0. The monoisotopic (exact) mass is 267 g/mol. The number of rotatable bonds is 4. The van der Waals surface area contributed by atoms with E-state index in [4.69, 9.17) is 5.11 Å². The van der Waals surface area contributed by atoms with Crippen molar-refractivity contribution >= 4 is 5.97 Å². The SMILES string of the molecule is Cc1ccc(-c2nc(OCC(=O)O)nn2O)c(F)c1. The van der Waals surface area contributed by atoms with Crippen LogP contribution in [0.5, 0.6) is 6.01 Å². The maximum atomic E-state index is 13.7. The molecule has 2 N–H and O–H groups in total. The lowest BCUT2D eigenvalue weighted by Gasteiger charge is -2.01. The second kappa shape index (κ2) is 4.92. The van der Waals surface area contributed by atoms with Crippen molar-refractivity contribution in [1.29, 1.82) is 0 Å². The lowest BCUT2D eigenvalue weighted by molar-refractivity contribution is -0.139. The second-order valence-electron chi connectivity index (χ2n) is 3.77. The minimum atomic E-state index is -1.21. The molecular weight excluding hydrogens is 257 g/mol. The van der Waals surface area contributed by atoms with E-state index in [1.807, 2.05) is 0 Å². The van der Waals surface area contributed by atoms with Gasteiger partial charge in [0.05, 0.1) is 5.56 Å². The van der Waals surface area contributed by atoms with E-state index in [2.05, 4.69) is 14.8 Å². The first-order valence-corrected chi connectivity index (χ1v) is 5.25. The fraction of sp³-hybridized carbons (Fsp3) is 0.182. The molecule has 0 atom stereocenters. The summed E-state index contributed by atoms with van der Waals surface area (Å²) in [6.45, 7) is 1.07. The average Bonchev–Trinajstić information content (AvgIpc) is 2.68. The largest absolute Gasteiger partial charge is 0.479 e. The lowest BCUT2D eigenvalue weighted by atomic mass is 10.1. The molecule has 0 saturated heterocycles. The molecule has 1 heterocycles. The number of aryl methyl sites for hydroxylation is 1. The summed E-state index contributed by atoms with van der Waals surface area (Å²) in [5, 5.41) is 21.4. The molecule has 100 valence electrons. The minimum Gasteiger partial charge on any atom is -0.479 e. The average molecular weight is 267 g/mol. The molecule has 1 aromatic heterocycles. The van der Waals surface area contributed by atoms with Crippen LogP contribution in [0.2, 0.25) is 0 Å². The van der Waals surface area contributed by atoms with Crippen molar-refractivity contribution in [3.8, 4) is 17.4 Å². The zero-order valence-corrected chi connectivity index (χ0v) is 9.87. The minimum absolute atomic E-state index is 0.0331. The van der Waals surface area contributed by atoms with Crippen molar-refractivity contribution < 1.29 is 24.2 Å². The van der Waals surface area contributed by atoms with Gasteiger partial charge in [-0.3, -0.25) is 0 Å². The molecule has 0 unspecified atom stereocenters. The normalized spacial score (nSPS) is 10.4. The van der Waals surface area contributed by atoms with Crippen LogP contribution in [0.3, 0.4) is 0 Å². The zero-order valence-electron chi connectivity index (χ0n) is 9.87. The van der Waals surface area contributed by atoms with Gasteiger partial charge in [0.25, 0.3) is 0 Å². The van der Waals surface area contributed by atoms with Gasteiger partial charge < -0.3 is 15.1 Å². The summed E-state index contributed by atoms with van der Waals surface area (Å²) in [5.74, 6) is -1.96. The highest BCUT2D eigenvalue weighted by Gasteiger charge is 2.16. The van der Waals surface area contributed by atoms with E-state index < -0.39 is 18.4 Å². The highest BCUT2D eigenvalue weighted by molar-refractivity contribution is 5.68. The van der Waals surface area contributed by atoms with Crippen LogP contribution in [-0.4, -0.2) is 37.8 Å². The van der Waals surface area contributed by atoms with Crippen LogP contribution in [0.25, 0.3) is 11.4 Å².